The predicted molar refractivity (Wildman–Crippen MR) is 320 cm³/mol. The van der Waals surface area contributed by atoms with Gasteiger partial charge in [0.25, 0.3) is 0 Å². The molecular weight excluding hydrogens is 1070 g/mol. The Kier molecular flexibility index (Phi) is 34.4. The average Bonchev–Trinajstić information content (AvgIpc) is 3.50. The summed E-state index contributed by atoms with van der Waals surface area (Å²) in [6.07, 6.45) is 2.32. The molecule has 0 heterocycles. The van der Waals surface area contributed by atoms with Gasteiger partial charge in [-0.25, -0.2) is 4.79 Å². The third kappa shape index (κ3) is 24.8. The summed E-state index contributed by atoms with van der Waals surface area (Å²) in [6.45, 7) is 30.0. The van der Waals surface area contributed by atoms with Crippen molar-refractivity contribution in [1.29, 1.82) is 0 Å². The fourth-order valence-corrected chi connectivity index (χ4v) is 9.89. The van der Waals surface area contributed by atoms with E-state index in [0.717, 1.165) is 12.0 Å². The van der Waals surface area contributed by atoms with E-state index in [2.05, 4.69) is 31.9 Å². The molecule has 8 N–H and O–H groups in total. The second-order valence-corrected chi connectivity index (χ2v) is 25.1. The van der Waals surface area contributed by atoms with E-state index in [1.54, 1.807) is 46.9 Å². The molecule has 0 saturated heterocycles. The zero-order valence-corrected chi connectivity index (χ0v) is 54.5. The van der Waals surface area contributed by atoms with Gasteiger partial charge in [0.2, 0.25) is 53.2 Å². The highest BCUT2D eigenvalue weighted by Gasteiger charge is 2.44. The first-order valence-electron chi connectivity index (χ1n) is 29.6. The Morgan fingerprint density at radius 1 is 0.458 bits per heavy atom. The molecule has 0 radical (unpaired) electrons. The maximum atomic E-state index is 14.8. The molecule has 0 fully saturated rings. The molecule has 0 aliphatic carbocycles. The van der Waals surface area contributed by atoms with Gasteiger partial charge in [0.1, 0.15) is 48.3 Å². The molecule has 23 heteroatoms. The van der Waals surface area contributed by atoms with Crippen LogP contribution in [0.1, 0.15) is 156 Å². The van der Waals surface area contributed by atoms with Crippen molar-refractivity contribution < 1.29 is 62.9 Å². The largest absolute Gasteiger partial charge is 0.467 e. The van der Waals surface area contributed by atoms with Crippen LogP contribution < -0.4 is 31.9 Å². The van der Waals surface area contributed by atoms with Crippen molar-refractivity contribution in [2.45, 2.75) is 229 Å². The van der Waals surface area contributed by atoms with Crippen molar-refractivity contribution in [3.63, 3.8) is 0 Å². The van der Waals surface area contributed by atoms with E-state index in [1.165, 1.54) is 63.7 Å². The molecule has 0 saturated carbocycles. The minimum Gasteiger partial charge on any atom is -0.467 e. The third-order valence-electron chi connectivity index (χ3n) is 14.7. The fourth-order valence-electron chi connectivity index (χ4n) is 9.89. The van der Waals surface area contributed by atoms with Gasteiger partial charge in [0, 0.05) is 28.2 Å². The Morgan fingerprint density at radius 2 is 0.855 bits per heavy atom. The van der Waals surface area contributed by atoms with Gasteiger partial charge in [-0.1, -0.05) is 102 Å². The summed E-state index contributed by atoms with van der Waals surface area (Å²) in [6, 6.07) is -11.7. The molecule has 0 bridgehead atoms. The minimum absolute atomic E-state index is 0.0211. The molecule has 0 aromatic rings. The van der Waals surface area contributed by atoms with Crippen LogP contribution in [0.2, 0.25) is 0 Å². The van der Waals surface area contributed by atoms with Gasteiger partial charge in [-0.2, -0.15) is 0 Å². The van der Waals surface area contributed by atoms with Crippen molar-refractivity contribution in [1.82, 2.24) is 51.5 Å². The van der Waals surface area contributed by atoms with Crippen molar-refractivity contribution >= 4 is 59.1 Å². The normalized spacial score (nSPS) is 16.6. The average molecular weight is 1180 g/mol. The molecule has 0 rings (SSSR count). The molecule has 0 aliphatic rings. The maximum absolute atomic E-state index is 14.8. The number of allylic oxidation sites excluding steroid dienone is 2. The van der Waals surface area contributed by atoms with Gasteiger partial charge in [-0.05, 0) is 115 Å². The van der Waals surface area contributed by atoms with E-state index < -0.39 is 138 Å². The quantitative estimate of drug-likeness (QED) is 0.0331. The van der Waals surface area contributed by atoms with E-state index in [4.69, 9.17) is 4.74 Å². The highest BCUT2D eigenvalue weighted by atomic mass is 16.5. The lowest BCUT2D eigenvalue weighted by Gasteiger charge is -2.40. The molecule has 478 valence electrons. The molecule has 13 atom stereocenters. The fraction of sp³-hybridized carbons (Fsp3) is 0.800. The smallest absolute Gasteiger partial charge is 0.331 e. The van der Waals surface area contributed by atoms with Crippen LogP contribution in [0.4, 0.5) is 0 Å². The summed E-state index contributed by atoms with van der Waals surface area (Å²) in [5, 5.41) is 38.7. The van der Waals surface area contributed by atoms with E-state index in [9.17, 15) is 58.2 Å². The number of methoxy groups -OCH3 is 1. The van der Waals surface area contributed by atoms with Gasteiger partial charge in [-0.3, -0.25) is 43.2 Å². The molecule has 0 aromatic heterocycles. The van der Waals surface area contributed by atoms with Crippen LogP contribution >= 0.6 is 0 Å². The van der Waals surface area contributed by atoms with Crippen molar-refractivity contribution in [2.75, 3.05) is 42.3 Å². The standard InChI is InChI=1S/C60H110N10O13/c1-24-25-26-38(14)50(72)49(55(77)66-47(41(17)71)60(82)83-23)70(22)59(81)48(37(12)13)69(21)58(80)44(29-34(6)7)65-54(76)46(31-36(10)11)67(19)56(78)40(16)63-51(73)39(15)62-53(75)45(30-35(8)9)68(20)57(79)43(28-33(4)5)64-52(74)42(61-18)27-32(2)3/h24-25,32-50,61,71-72H,26-31H2,1-23H3,(H,62,75)(H,63,73)(H,64,74)(H,65,76)(H,66,77)/b25-24+. The van der Waals surface area contributed by atoms with Crippen LogP contribution in [0.5, 0.6) is 0 Å². The number of esters is 1. The van der Waals surface area contributed by atoms with E-state index >= 15 is 0 Å². The van der Waals surface area contributed by atoms with Crippen LogP contribution in [0.15, 0.2) is 12.2 Å². The Balaban J connectivity index is 6.80. The highest BCUT2D eigenvalue weighted by Crippen LogP contribution is 2.23. The van der Waals surface area contributed by atoms with Crippen LogP contribution in [0.3, 0.4) is 0 Å². The summed E-state index contributed by atoms with van der Waals surface area (Å²) >= 11 is 0. The lowest BCUT2D eigenvalue weighted by molar-refractivity contribution is -0.156. The molecule has 23 nitrogen and oxygen atoms in total. The number of ether oxygens (including phenoxy) is 1. The Labute approximate surface area is 496 Å². The number of amides is 9. The van der Waals surface area contributed by atoms with E-state index in [-0.39, 0.29) is 54.8 Å². The van der Waals surface area contributed by atoms with Crippen LogP contribution in [-0.2, 0) is 52.7 Å². The maximum Gasteiger partial charge on any atom is 0.331 e. The molecule has 0 aromatic carbocycles. The number of hydrogen-bond acceptors (Lipinski definition) is 14. The number of carbonyl (C=O) groups excluding carboxylic acids is 10. The molecule has 0 aliphatic heterocycles. The van der Waals surface area contributed by atoms with Gasteiger partial charge in [-0.15, -0.1) is 0 Å². The zero-order chi connectivity index (χ0) is 64.7. The number of hydrogen-bond donors (Lipinski definition) is 8. The molecule has 0 spiro atoms. The number of nitrogens with one attached hydrogen (secondary N) is 6. The van der Waals surface area contributed by atoms with E-state index in [1.807, 2.05) is 69.2 Å². The Morgan fingerprint density at radius 3 is 1.27 bits per heavy atom. The van der Waals surface area contributed by atoms with Crippen molar-refractivity contribution in [3.05, 3.63) is 12.2 Å². The summed E-state index contributed by atoms with van der Waals surface area (Å²) in [7, 11) is 8.38. The van der Waals surface area contributed by atoms with Gasteiger partial charge in [0.05, 0.1) is 25.4 Å². The first-order chi connectivity index (χ1) is 38.3. The van der Waals surface area contributed by atoms with Gasteiger partial charge in [0.15, 0.2) is 6.04 Å². The number of aliphatic hydroxyl groups is 2. The van der Waals surface area contributed by atoms with Crippen LogP contribution in [0, 0.1) is 41.4 Å². The molecule has 13 unspecified atom stereocenters. The second-order valence-electron chi connectivity index (χ2n) is 25.1. The van der Waals surface area contributed by atoms with Gasteiger partial charge >= 0.3 is 5.97 Å². The molecular formula is C60H110N10O13. The topological polar surface area (TPSA) is 306 Å². The van der Waals surface area contributed by atoms with E-state index in [0.29, 0.717) is 19.3 Å². The van der Waals surface area contributed by atoms with Crippen molar-refractivity contribution in [3.8, 4) is 0 Å². The zero-order valence-electron chi connectivity index (χ0n) is 54.5. The summed E-state index contributed by atoms with van der Waals surface area (Å²) < 4.78 is 4.78. The SMILES string of the molecule is C/C=C/CC(C)C(O)C(C(=O)NC(C(=O)OC)C(C)O)N(C)C(=O)C(C(C)C)N(C)C(=O)C(CC(C)C)NC(=O)C(CC(C)C)N(C)C(=O)C(C)NC(=O)C(C)NC(=O)C(CC(C)C)N(C)C(=O)C(CC(C)C)NC(=O)C(CC(C)C)NC. The van der Waals surface area contributed by atoms with Crippen LogP contribution in [0.25, 0.3) is 0 Å². The first-order valence-corrected chi connectivity index (χ1v) is 29.6. The summed E-state index contributed by atoms with van der Waals surface area (Å²) in [4.78, 5) is 145. The predicted octanol–water partition coefficient (Wildman–Crippen LogP) is 2.75. The van der Waals surface area contributed by atoms with Gasteiger partial charge < -0.3 is 66.5 Å². The number of nitrogens with zero attached hydrogens (tertiary/aromatic N) is 4. The first kappa shape index (κ1) is 77.3. The lowest BCUT2D eigenvalue weighted by Crippen LogP contribution is -2.63. The number of rotatable bonds is 36. The highest BCUT2D eigenvalue weighted by molar-refractivity contribution is 5.98. The Hall–Kier alpha value is -5.68. The monoisotopic (exact) mass is 1180 g/mol. The summed E-state index contributed by atoms with van der Waals surface area (Å²) in [5.74, 6) is -8.10. The third-order valence-corrected chi connectivity index (χ3v) is 14.7. The molecule has 9 amide bonds. The van der Waals surface area contributed by atoms with Crippen molar-refractivity contribution in [2.24, 2.45) is 41.4 Å². The Bertz CT molecular complexity index is 2150. The second kappa shape index (κ2) is 36.9. The number of aliphatic hydroxyl groups excluding tert-OH is 2. The molecule has 83 heavy (non-hydrogen) atoms. The number of carbonyl (C=O) groups is 10. The minimum atomic E-state index is -1.61. The summed E-state index contributed by atoms with van der Waals surface area (Å²) in [5.41, 5.74) is 0. The lowest BCUT2D eigenvalue weighted by atomic mass is 9.91. The number of likely N-dealkylation sites (N-methyl/N-ethyl adjacent to an activating group) is 5. The van der Waals surface area contributed by atoms with Crippen LogP contribution in [-0.4, -0.2) is 204 Å².